The average Bonchev–Trinajstić information content (AvgIpc) is 2.87. The number of hydrogen-bond acceptors (Lipinski definition) is 3. The minimum absolute atomic E-state index is 0.113. The number of benzene rings is 3. The Kier molecular flexibility index (Phi) is 10.2. The molecule has 34 heavy (non-hydrogen) atoms. The van der Waals surface area contributed by atoms with Gasteiger partial charge in [0.05, 0.1) is 5.75 Å². The monoisotopic (exact) mass is 478 g/mol. The largest absolute Gasteiger partial charge is 0.354 e. The Labute approximate surface area is 205 Å². The number of nitrogens with zero attached hydrogens (tertiary/aromatic N) is 1. The van der Waals surface area contributed by atoms with Crippen molar-refractivity contribution >= 4 is 23.6 Å². The van der Waals surface area contributed by atoms with Crippen LogP contribution in [0.4, 0.5) is 4.39 Å². The van der Waals surface area contributed by atoms with Gasteiger partial charge in [-0.1, -0.05) is 79.7 Å². The first kappa shape index (κ1) is 25.5. The zero-order chi connectivity index (χ0) is 24.2. The quantitative estimate of drug-likeness (QED) is 0.388. The summed E-state index contributed by atoms with van der Waals surface area (Å²) in [4.78, 5) is 28.3. The Morgan fingerprint density at radius 2 is 1.50 bits per heavy atom. The molecule has 1 atom stereocenters. The molecule has 1 N–H and O–H groups in total. The fourth-order valence-electron chi connectivity index (χ4n) is 3.62. The Bertz CT molecular complexity index is 1030. The molecule has 0 aliphatic heterocycles. The number of carbonyl (C=O) groups is 2. The van der Waals surface area contributed by atoms with Gasteiger partial charge in [-0.2, -0.15) is 0 Å². The molecule has 3 aromatic carbocycles. The second kappa shape index (κ2) is 13.6. The predicted molar refractivity (Wildman–Crippen MR) is 137 cm³/mol. The van der Waals surface area contributed by atoms with Gasteiger partial charge in [0, 0.05) is 25.3 Å². The SMILES string of the molecule is CCCNC(=O)[C@H](Cc1ccccc1)N(Cc1ccc(F)cc1)C(=O)CSCc1ccccc1. The lowest BCUT2D eigenvalue weighted by molar-refractivity contribution is -0.139. The highest BCUT2D eigenvalue weighted by Crippen LogP contribution is 2.18. The van der Waals surface area contributed by atoms with Gasteiger partial charge >= 0.3 is 0 Å². The molecule has 0 heterocycles. The number of thioether (sulfide) groups is 1. The van der Waals surface area contributed by atoms with Gasteiger partial charge in [-0.3, -0.25) is 9.59 Å². The molecule has 0 radical (unpaired) electrons. The summed E-state index contributed by atoms with van der Waals surface area (Å²) in [5.41, 5.74) is 2.91. The van der Waals surface area contributed by atoms with Gasteiger partial charge in [0.1, 0.15) is 11.9 Å². The smallest absolute Gasteiger partial charge is 0.243 e. The van der Waals surface area contributed by atoms with E-state index in [0.29, 0.717) is 18.7 Å². The average molecular weight is 479 g/mol. The van der Waals surface area contributed by atoms with Crippen LogP contribution < -0.4 is 5.32 Å². The van der Waals surface area contributed by atoms with Gasteiger partial charge in [0.15, 0.2) is 0 Å². The van der Waals surface area contributed by atoms with Crippen molar-refractivity contribution < 1.29 is 14.0 Å². The summed E-state index contributed by atoms with van der Waals surface area (Å²) in [6.07, 6.45) is 1.22. The standard InChI is InChI=1S/C28H31FN2O2S/c1-2-17-30-28(33)26(18-22-9-5-3-6-10-22)31(19-23-13-15-25(29)16-14-23)27(32)21-34-20-24-11-7-4-8-12-24/h3-16,26H,2,17-21H2,1H3,(H,30,33)/t26-/m0/s1. The van der Waals surface area contributed by atoms with Crippen LogP contribution in [0.3, 0.4) is 0 Å². The summed E-state index contributed by atoms with van der Waals surface area (Å²) in [7, 11) is 0. The predicted octanol–water partition coefficient (Wildman–Crippen LogP) is 5.23. The second-order valence-corrected chi connectivity index (χ2v) is 9.11. The van der Waals surface area contributed by atoms with Gasteiger partial charge in [0.2, 0.25) is 11.8 Å². The van der Waals surface area contributed by atoms with E-state index in [-0.39, 0.29) is 29.9 Å². The third-order valence-corrected chi connectivity index (χ3v) is 6.41. The normalized spacial score (nSPS) is 11.6. The van der Waals surface area contributed by atoms with Gasteiger partial charge in [-0.15, -0.1) is 11.8 Å². The molecular formula is C28H31FN2O2S. The van der Waals surface area contributed by atoms with E-state index in [9.17, 15) is 14.0 Å². The topological polar surface area (TPSA) is 49.4 Å². The maximum absolute atomic E-state index is 13.5. The summed E-state index contributed by atoms with van der Waals surface area (Å²) >= 11 is 1.53. The van der Waals surface area contributed by atoms with E-state index in [2.05, 4.69) is 5.32 Å². The molecule has 0 aromatic heterocycles. The Morgan fingerprint density at radius 1 is 0.882 bits per heavy atom. The summed E-state index contributed by atoms with van der Waals surface area (Å²) in [5.74, 6) is 0.346. The third-order valence-electron chi connectivity index (χ3n) is 5.42. The minimum Gasteiger partial charge on any atom is -0.354 e. The van der Waals surface area contributed by atoms with Crippen LogP contribution in [0.15, 0.2) is 84.9 Å². The lowest BCUT2D eigenvalue weighted by Gasteiger charge is -2.31. The van der Waals surface area contributed by atoms with E-state index in [1.807, 2.05) is 67.6 Å². The molecule has 0 saturated carbocycles. The van der Waals surface area contributed by atoms with Crippen molar-refractivity contribution in [1.82, 2.24) is 10.2 Å². The summed E-state index contributed by atoms with van der Waals surface area (Å²) in [5, 5.41) is 2.97. The van der Waals surface area contributed by atoms with Crippen LogP contribution in [0.25, 0.3) is 0 Å². The van der Waals surface area contributed by atoms with Gasteiger partial charge < -0.3 is 10.2 Å². The zero-order valence-electron chi connectivity index (χ0n) is 19.5. The highest BCUT2D eigenvalue weighted by Gasteiger charge is 2.30. The number of amides is 2. The molecule has 0 fully saturated rings. The van der Waals surface area contributed by atoms with Crippen LogP contribution in [-0.4, -0.2) is 35.1 Å². The van der Waals surface area contributed by atoms with Crippen molar-refractivity contribution in [3.05, 3.63) is 107 Å². The Balaban J connectivity index is 1.82. The van der Waals surface area contributed by atoms with Crippen molar-refractivity contribution in [2.45, 2.75) is 38.1 Å². The minimum atomic E-state index is -0.663. The lowest BCUT2D eigenvalue weighted by atomic mass is 10.0. The first-order valence-electron chi connectivity index (χ1n) is 11.5. The number of halogens is 1. The zero-order valence-corrected chi connectivity index (χ0v) is 20.3. The molecular weight excluding hydrogens is 447 g/mol. The van der Waals surface area contributed by atoms with E-state index in [4.69, 9.17) is 0 Å². The van der Waals surface area contributed by atoms with E-state index < -0.39 is 6.04 Å². The summed E-state index contributed by atoms with van der Waals surface area (Å²) in [6, 6.07) is 25.1. The van der Waals surface area contributed by atoms with E-state index in [1.165, 1.54) is 23.9 Å². The van der Waals surface area contributed by atoms with E-state index in [0.717, 1.165) is 23.1 Å². The lowest BCUT2D eigenvalue weighted by Crippen LogP contribution is -2.51. The molecule has 0 saturated heterocycles. The van der Waals surface area contributed by atoms with Crippen LogP contribution in [0.5, 0.6) is 0 Å². The number of carbonyl (C=O) groups excluding carboxylic acids is 2. The molecule has 0 unspecified atom stereocenters. The van der Waals surface area contributed by atoms with Crippen molar-refractivity contribution in [3.8, 4) is 0 Å². The molecule has 0 bridgehead atoms. The molecule has 2 amide bonds. The van der Waals surface area contributed by atoms with Crippen LogP contribution in [-0.2, 0) is 28.3 Å². The first-order chi connectivity index (χ1) is 16.6. The van der Waals surface area contributed by atoms with Crippen molar-refractivity contribution in [1.29, 1.82) is 0 Å². The number of rotatable bonds is 12. The van der Waals surface area contributed by atoms with Crippen LogP contribution in [0, 0.1) is 5.82 Å². The molecule has 6 heteroatoms. The van der Waals surface area contributed by atoms with Crippen LogP contribution in [0.1, 0.15) is 30.0 Å². The highest BCUT2D eigenvalue weighted by atomic mass is 32.2. The number of nitrogens with one attached hydrogen (secondary N) is 1. The maximum Gasteiger partial charge on any atom is 0.243 e. The Morgan fingerprint density at radius 3 is 2.12 bits per heavy atom. The Hall–Kier alpha value is -3.12. The molecule has 0 aliphatic rings. The first-order valence-corrected chi connectivity index (χ1v) is 12.7. The van der Waals surface area contributed by atoms with E-state index in [1.54, 1.807) is 17.0 Å². The van der Waals surface area contributed by atoms with Crippen LogP contribution >= 0.6 is 11.8 Å². The molecule has 4 nitrogen and oxygen atoms in total. The van der Waals surface area contributed by atoms with E-state index >= 15 is 0 Å². The molecule has 3 aromatic rings. The summed E-state index contributed by atoms with van der Waals surface area (Å²) < 4.78 is 13.5. The second-order valence-electron chi connectivity index (χ2n) is 8.12. The van der Waals surface area contributed by atoms with Crippen molar-refractivity contribution in [2.75, 3.05) is 12.3 Å². The van der Waals surface area contributed by atoms with Crippen molar-refractivity contribution in [2.24, 2.45) is 0 Å². The molecule has 0 spiro atoms. The third kappa shape index (κ3) is 8.03. The highest BCUT2D eigenvalue weighted by molar-refractivity contribution is 7.99. The molecule has 178 valence electrons. The fourth-order valence-corrected chi connectivity index (χ4v) is 4.49. The maximum atomic E-state index is 13.5. The van der Waals surface area contributed by atoms with Crippen molar-refractivity contribution in [3.63, 3.8) is 0 Å². The van der Waals surface area contributed by atoms with Gasteiger partial charge in [-0.05, 0) is 35.2 Å². The fraction of sp³-hybridized carbons (Fsp3) is 0.286. The van der Waals surface area contributed by atoms with Gasteiger partial charge in [0.25, 0.3) is 0 Å². The molecule has 3 rings (SSSR count). The number of hydrogen-bond donors (Lipinski definition) is 1. The molecule has 0 aliphatic carbocycles. The van der Waals surface area contributed by atoms with Gasteiger partial charge in [-0.25, -0.2) is 4.39 Å². The van der Waals surface area contributed by atoms with Crippen LogP contribution in [0.2, 0.25) is 0 Å². The summed E-state index contributed by atoms with van der Waals surface area (Å²) in [6.45, 7) is 2.78.